The Bertz CT molecular complexity index is 680. The number of pyridine rings is 1. The standard InChI is InChI=1S/C14H10N4O/c15-7-9-18(10-8-16)14(19)13-6-5-11-3-1-2-4-12(11)17-13/h1-6H,9-10H2. The van der Waals surface area contributed by atoms with Crippen LogP contribution in [0.2, 0.25) is 0 Å². The minimum Gasteiger partial charge on any atom is -0.311 e. The summed E-state index contributed by atoms with van der Waals surface area (Å²) in [4.78, 5) is 17.5. The van der Waals surface area contributed by atoms with Gasteiger partial charge in [0, 0.05) is 5.39 Å². The molecule has 1 heterocycles. The van der Waals surface area contributed by atoms with Gasteiger partial charge < -0.3 is 4.90 Å². The molecule has 0 atom stereocenters. The topological polar surface area (TPSA) is 80.8 Å². The summed E-state index contributed by atoms with van der Waals surface area (Å²) in [5, 5.41) is 18.3. The largest absolute Gasteiger partial charge is 0.311 e. The fraction of sp³-hybridized carbons (Fsp3) is 0.143. The maximum atomic E-state index is 12.1. The number of para-hydroxylation sites is 1. The van der Waals surface area contributed by atoms with Gasteiger partial charge in [-0.15, -0.1) is 0 Å². The first kappa shape index (κ1) is 12.5. The van der Waals surface area contributed by atoms with Crippen LogP contribution in [-0.2, 0) is 0 Å². The summed E-state index contributed by atoms with van der Waals surface area (Å²) in [7, 11) is 0. The number of hydrogen-bond donors (Lipinski definition) is 0. The summed E-state index contributed by atoms with van der Waals surface area (Å²) < 4.78 is 0. The van der Waals surface area contributed by atoms with E-state index in [0.29, 0.717) is 5.52 Å². The molecule has 5 nitrogen and oxygen atoms in total. The van der Waals surface area contributed by atoms with Crippen molar-refractivity contribution in [3.8, 4) is 12.1 Å². The zero-order valence-electron chi connectivity index (χ0n) is 10.1. The van der Waals surface area contributed by atoms with E-state index in [2.05, 4.69) is 4.98 Å². The third kappa shape index (κ3) is 2.67. The molecule has 2 aromatic rings. The number of hydrogen-bond acceptors (Lipinski definition) is 4. The summed E-state index contributed by atoms with van der Waals surface area (Å²) in [6, 6.07) is 14.6. The summed E-state index contributed by atoms with van der Waals surface area (Å²) in [6.07, 6.45) is 0. The van der Waals surface area contributed by atoms with Crippen LogP contribution in [0.3, 0.4) is 0 Å². The minimum absolute atomic E-state index is 0.124. The first-order valence-corrected chi connectivity index (χ1v) is 5.65. The lowest BCUT2D eigenvalue weighted by molar-refractivity contribution is 0.0789. The highest BCUT2D eigenvalue weighted by Gasteiger charge is 2.16. The Hall–Kier alpha value is -2.92. The van der Waals surface area contributed by atoms with Gasteiger partial charge in [0.05, 0.1) is 17.7 Å². The molecule has 0 aliphatic carbocycles. The van der Waals surface area contributed by atoms with E-state index >= 15 is 0 Å². The van der Waals surface area contributed by atoms with Crippen LogP contribution in [-0.4, -0.2) is 28.9 Å². The molecule has 0 bridgehead atoms. The van der Waals surface area contributed by atoms with Gasteiger partial charge >= 0.3 is 0 Å². The average molecular weight is 250 g/mol. The van der Waals surface area contributed by atoms with Crippen LogP contribution in [0.4, 0.5) is 0 Å². The Kier molecular flexibility index (Phi) is 3.70. The third-order valence-electron chi connectivity index (χ3n) is 2.63. The van der Waals surface area contributed by atoms with Crippen molar-refractivity contribution in [2.45, 2.75) is 0 Å². The van der Waals surface area contributed by atoms with Crippen molar-refractivity contribution in [3.63, 3.8) is 0 Å². The van der Waals surface area contributed by atoms with Gasteiger partial charge in [-0.05, 0) is 12.1 Å². The highest BCUT2D eigenvalue weighted by molar-refractivity contribution is 5.95. The van der Waals surface area contributed by atoms with Gasteiger partial charge in [0.25, 0.3) is 5.91 Å². The van der Waals surface area contributed by atoms with Crippen LogP contribution < -0.4 is 0 Å². The monoisotopic (exact) mass is 250 g/mol. The normalized spacial score (nSPS) is 9.58. The molecule has 0 unspecified atom stereocenters. The molecule has 0 aliphatic heterocycles. The summed E-state index contributed by atoms with van der Waals surface area (Å²) in [5.74, 6) is -0.408. The second-order valence-electron chi connectivity index (χ2n) is 3.87. The van der Waals surface area contributed by atoms with Crippen molar-refractivity contribution in [3.05, 3.63) is 42.1 Å². The zero-order chi connectivity index (χ0) is 13.7. The quantitative estimate of drug-likeness (QED) is 0.777. The minimum atomic E-state index is -0.408. The predicted octanol–water partition coefficient (Wildman–Crippen LogP) is 1.72. The number of fused-ring (bicyclic) bond motifs is 1. The Labute approximate surface area is 110 Å². The van der Waals surface area contributed by atoms with Crippen LogP contribution in [0.25, 0.3) is 10.9 Å². The molecule has 0 radical (unpaired) electrons. The fourth-order valence-corrected chi connectivity index (χ4v) is 1.72. The summed E-state index contributed by atoms with van der Waals surface area (Å²) in [6.45, 7) is -0.248. The van der Waals surface area contributed by atoms with Crippen LogP contribution in [0.15, 0.2) is 36.4 Å². The second-order valence-corrected chi connectivity index (χ2v) is 3.87. The Morgan fingerprint density at radius 1 is 1.11 bits per heavy atom. The smallest absolute Gasteiger partial charge is 0.274 e. The Morgan fingerprint density at radius 2 is 1.79 bits per heavy atom. The van der Waals surface area contributed by atoms with E-state index in [4.69, 9.17) is 10.5 Å². The van der Waals surface area contributed by atoms with Crippen molar-refractivity contribution in [1.29, 1.82) is 10.5 Å². The third-order valence-corrected chi connectivity index (χ3v) is 2.63. The van der Waals surface area contributed by atoms with E-state index < -0.39 is 5.91 Å². The lowest BCUT2D eigenvalue weighted by atomic mass is 10.2. The van der Waals surface area contributed by atoms with Gasteiger partial charge in [-0.3, -0.25) is 4.79 Å². The van der Waals surface area contributed by atoms with Crippen LogP contribution in [0.5, 0.6) is 0 Å². The van der Waals surface area contributed by atoms with Crippen molar-refractivity contribution in [2.75, 3.05) is 13.1 Å². The fourth-order valence-electron chi connectivity index (χ4n) is 1.72. The number of aromatic nitrogens is 1. The molecular weight excluding hydrogens is 240 g/mol. The number of rotatable bonds is 3. The molecule has 0 fully saturated rings. The molecule has 2 rings (SSSR count). The first-order valence-electron chi connectivity index (χ1n) is 5.65. The van der Waals surface area contributed by atoms with E-state index in [-0.39, 0.29) is 18.8 Å². The molecule has 1 aromatic heterocycles. The second kappa shape index (κ2) is 5.61. The first-order chi connectivity index (χ1) is 9.26. The molecule has 5 heteroatoms. The molecule has 1 amide bonds. The lowest BCUT2D eigenvalue weighted by Gasteiger charge is -2.15. The Morgan fingerprint density at radius 3 is 2.47 bits per heavy atom. The highest BCUT2D eigenvalue weighted by Crippen LogP contribution is 2.12. The van der Waals surface area contributed by atoms with E-state index in [1.54, 1.807) is 12.1 Å². The number of nitriles is 2. The SMILES string of the molecule is N#CCN(CC#N)C(=O)c1ccc2ccccc2n1. The number of carbonyl (C=O) groups excluding carboxylic acids is 1. The van der Waals surface area contributed by atoms with Crippen molar-refractivity contribution >= 4 is 16.8 Å². The van der Waals surface area contributed by atoms with E-state index in [0.717, 1.165) is 10.3 Å². The van der Waals surface area contributed by atoms with E-state index in [1.807, 2.05) is 36.4 Å². The molecular formula is C14H10N4O. The van der Waals surface area contributed by atoms with Crippen molar-refractivity contribution in [2.24, 2.45) is 0 Å². The van der Waals surface area contributed by atoms with Gasteiger partial charge in [-0.1, -0.05) is 24.3 Å². The zero-order valence-corrected chi connectivity index (χ0v) is 10.1. The molecule has 0 aliphatic rings. The summed E-state index contributed by atoms with van der Waals surface area (Å²) in [5.41, 5.74) is 0.950. The molecule has 19 heavy (non-hydrogen) atoms. The Balaban J connectivity index is 2.35. The predicted molar refractivity (Wildman–Crippen MR) is 68.9 cm³/mol. The number of benzene rings is 1. The van der Waals surface area contributed by atoms with E-state index in [9.17, 15) is 4.79 Å². The van der Waals surface area contributed by atoms with Gasteiger partial charge in [-0.25, -0.2) is 4.98 Å². The molecule has 1 aromatic carbocycles. The maximum absolute atomic E-state index is 12.1. The lowest BCUT2D eigenvalue weighted by Crippen LogP contribution is -2.32. The molecule has 0 saturated carbocycles. The average Bonchev–Trinajstić information content (AvgIpc) is 2.46. The maximum Gasteiger partial charge on any atom is 0.274 e. The molecule has 0 spiro atoms. The van der Waals surface area contributed by atoms with Gasteiger partial charge in [0.1, 0.15) is 18.8 Å². The van der Waals surface area contributed by atoms with Crippen molar-refractivity contribution in [1.82, 2.24) is 9.88 Å². The molecule has 0 saturated heterocycles. The number of amides is 1. The summed E-state index contributed by atoms with van der Waals surface area (Å²) >= 11 is 0. The van der Waals surface area contributed by atoms with Gasteiger partial charge in [0.2, 0.25) is 0 Å². The molecule has 92 valence electrons. The van der Waals surface area contributed by atoms with Crippen molar-refractivity contribution < 1.29 is 4.79 Å². The van der Waals surface area contributed by atoms with Crippen LogP contribution in [0, 0.1) is 22.7 Å². The highest BCUT2D eigenvalue weighted by atomic mass is 16.2. The van der Waals surface area contributed by atoms with Crippen LogP contribution >= 0.6 is 0 Å². The van der Waals surface area contributed by atoms with Crippen LogP contribution in [0.1, 0.15) is 10.5 Å². The number of carbonyl (C=O) groups is 1. The number of nitrogens with zero attached hydrogens (tertiary/aromatic N) is 4. The van der Waals surface area contributed by atoms with E-state index in [1.165, 1.54) is 0 Å². The van der Waals surface area contributed by atoms with Gasteiger partial charge in [-0.2, -0.15) is 10.5 Å². The van der Waals surface area contributed by atoms with Gasteiger partial charge in [0.15, 0.2) is 0 Å². The molecule has 0 N–H and O–H groups in total.